The maximum absolute atomic E-state index is 2.47. The number of hydrogen-bond acceptors (Lipinski definition) is 0. The number of rotatable bonds is 2. The molecule has 70 valence electrons. The SMILES string of the molecule is CC(C)(C)CCC1=CCCCC1. The third-order valence-electron chi connectivity index (χ3n) is 2.58. The molecule has 0 aromatic heterocycles. The van der Waals surface area contributed by atoms with Gasteiger partial charge in [0, 0.05) is 0 Å². The summed E-state index contributed by atoms with van der Waals surface area (Å²) in [6, 6.07) is 0. The van der Waals surface area contributed by atoms with E-state index in [1.807, 2.05) is 0 Å². The van der Waals surface area contributed by atoms with Crippen molar-refractivity contribution in [2.75, 3.05) is 0 Å². The molecule has 0 heteroatoms. The third kappa shape index (κ3) is 3.94. The zero-order valence-corrected chi connectivity index (χ0v) is 8.82. The van der Waals surface area contributed by atoms with Crippen LogP contribution in [-0.2, 0) is 0 Å². The average Bonchev–Trinajstić information content (AvgIpc) is 2.02. The highest BCUT2D eigenvalue weighted by Gasteiger charge is 2.11. The summed E-state index contributed by atoms with van der Waals surface area (Å²) in [4.78, 5) is 0. The van der Waals surface area contributed by atoms with Crippen LogP contribution in [0.4, 0.5) is 0 Å². The van der Waals surface area contributed by atoms with Gasteiger partial charge in [0.25, 0.3) is 0 Å². The topological polar surface area (TPSA) is 0 Å². The van der Waals surface area contributed by atoms with E-state index in [0.717, 1.165) is 0 Å². The summed E-state index contributed by atoms with van der Waals surface area (Å²) >= 11 is 0. The second-order valence-corrected chi connectivity index (χ2v) is 5.17. The van der Waals surface area contributed by atoms with Crippen molar-refractivity contribution in [1.82, 2.24) is 0 Å². The fourth-order valence-corrected chi connectivity index (χ4v) is 1.67. The first-order chi connectivity index (χ1) is 5.58. The Kier molecular flexibility index (Phi) is 3.37. The summed E-state index contributed by atoms with van der Waals surface area (Å²) in [5.74, 6) is 0. The minimum absolute atomic E-state index is 0.512. The zero-order valence-electron chi connectivity index (χ0n) is 8.82. The van der Waals surface area contributed by atoms with Crippen LogP contribution in [0.25, 0.3) is 0 Å². The summed E-state index contributed by atoms with van der Waals surface area (Å²) in [6.45, 7) is 6.99. The van der Waals surface area contributed by atoms with Gasteiger partial charge in [-0.2, -0.15) is 0 Å². The van der Waals surface area contributed by atoms with Gasteiger partial charge < -0.3 is 0 Å². The second kappa shape index (κ2) is 4.11. The molecule has 0 saturated carbocycles. The lowest BCUT2D eigenvalue weighted by atomic mass is 9.86. The van der Waals surface area contributed by atoms with Gasteiger partial charge in [0.05, 0.1) is 0 Å². The maximum atomic E-state index is 2.47. The normalized spacial score (nSPS) is 19.1. The summed E-state index contributed by atoms with van der Waals surface area (Å²) in [7, 11) is 0. The van der Waals surface area contributed by atoms with Crippen LogP contribution in [0.2, 0.25) is 0 Å². The predicted molar refractivity (Wildman–Crippen MR) is 55.2 cm³/mol. The Morgan fingerprint density at radius 2 is 2.00 bits per heavy atom. The molecule has 1 aliphatic rings. The molecule has 0 spiro atoms. The Bertz CT molecular complexity index is 157. The maximum Gasteiger partial charge on any atom is -0.0315 e. The average molecular weight is 166 g/mol. The smallest absolute Gasteiger partial charge is 0.0315 e. The van der Waals surface area contributed by atoms with E-state index in [1.54, 1.807) is 5.57 Å². The first kappa shape index (κ1) is 9.83. The van der Waals surface area contributed by atoms with Gasteiger partial charge in [0.1, 0.15) is 0 Å². The largest absolute Gasteiger partial charge is 0.0853 e. The van der Waals surface area contributed by atoms with Crippen molar-refractivity contribution in [2.24, 2.45) is 5.41 Å². The lowest BCUT2D eigenvalue weighted by molar-refractivity contribution is 0.374. The number of hydrogen-bond donors (Lipinski definition) is 0. The minimum atomic E-state index is 0.512. The molecular weight excluding hydrogens is 144 g/mol. The molecule has 1 rings (SSSR count). The van der Waals surface area contributed by atoms with Gasteiger partial charge in [-0.05, 0) is 43.9 Å². The quantitative estimate of drug-likeness (QED) is 0.536. The molecule has 0 heterocycles. The molecular formula is C12H22. The lowest BCUT2D eigenvalue weighted by Crippen LogP contribution is -2.05. The van der Waals surface area contributed by atoms with Crippen LogP contribution in [-0.4, -0.2) is 0 Å². The molecule has 12 heavy (non-hydrogen) atoms. The molecule has 0 radical (unpaired) electrons. The van der Waals surface area contributed by atoms with Crippen molar-refractivity contribution in [1.29, 1.82) is 0 Å². The van der Waals surface area contributed by atoms with Crippen LogP contribution in [0.1, 0.15) is 59.3 Å². The predicted octanol–water partition coefficient (Wildman–Crippen LogP) is 4.31. The molecule has 0 nitrogen and oxygen atoms in total. The van der Waals surface area contributed by atoms with E-state index < -0.39 is 0 Å². The lowest BCUT2D eigenvalue weighted by Gasteiger charge is -2.20. The molecule has 0 bridgehead atoms. The Labute approximate surface area is 77.1 Å². The monoisotopic (exact) mass is 166 g/mol. The molecule has 0 aliphatic heterocycles. The van der Waals surface area contributed by atoms with Crippen LogP contribution in [0.3, 0.4) is 0 Å². The fraction of sp³-hybridized carbons (Fsp3) is 0.833. The van der Waals surface area contributed by atoms with Crippen molar-refractivity contribution < 1.29 is 0 Å². The summed E-state index contributed by atoms with van der Waals surface area (Å²) in [6.07, 6.45) is 10.7. The minimum Gasteiger partial charge on any atom is -0.0853 e. The summed E-state index contributed by atoms with van der Waals surface area (Å²) in [5, 5.41) is 0. The van der Waals surface area contributed by atoms with Crippen molar-refractivity contribution in [3.05, 3.63) is 11.6 Å². The molecule has 0 aromatic carbocycles. The van der Waals surface area contributed by atoms with Gasteiger partial charge in [-0.3, -0.25) is 0 Å². The molecule has 0 unspecified atom stereocenters. The highest BCUT2D eigenvalue weighted by molar-refractivity contribution is 5.05. The molecule has 0 aromatic rings. The van der Waals surface area contributed by atoms with Gasteiger partial charge in [-0.15, -0.1) is 0 Å². The fourth-order valence-electron chi connectivity index (χ4n) is 1.67. The van der Waals surface area contributed by atoms with Crippen molar-refractivity contribution in [2.45, 2.75) is 59.3 Å². The Morgan fingerprint density at radius 3 is 2.50 bits per heavy atom. The zero-order chi connectivity index (χ0) is 9.03. The van der Waals surface area contributed by atoms with E-state index >= 15 is 0 Å². The van der Waals surface area contributed by atoms with E-state index in [2.05, 4.69) is 26.8 Å². The summed E-state index contributed by atoms with van der Waals surface area (Å²) < 4.78 is 0. The van der Waals surface area contributed by atoms with E-state index in [4.69, 9.17) is 0 Å². The van der Waals surface area contributed by atoms with Crippen molar-refractivity contribution in [3.63, 3.8) is 0 Å². The van der Waals surface area contributed by atoms with Crippen molar-refractivity contribution >= 4 is 0 Å². The third-order valence-corrected chi connectivity index (χ3v) is 2.58. The second-order valence-electron chi connectivity index (χ2n) is 5.17. The Balaban J connectivity index is 2.26. The van der Waals surface area contributed by atoms with E-state index in [9.17, 15) is 0 Å². The van der Waals surface area contributed by atoms with Crippen LogP contribution in [0, 0.1) is 5.41 Å². The highest BCUT2D eigenvalue weighted by atomic mass is 14.2. The van der Waals surface area contributed by atoms with Crippen LogP contribution in [0.15, 0.2) is 11.6 Å². The van der Waals surface area contributed by atoms with Gasteiger partial charge >= 0.3 is 0 Å². The van der Waals surface area contributed by atoms with E-state index in [0.29, 0.717) is 5.41 Å². The van der Waals surface area contributed by atoms with Gasteiger partial charge in [-0.25, -0.2) is 0 Å². The standard InChI is InChI=1S/C12H22/c1-12(2,3)10-9-11-7-5-4-6-8-11/h7H,4-6,8-10H2,1-3H3. The first-order valence-electron chi connectivity index (χ1n) is 5.26. The van der Waals surface area contributed by atoms with E-state index in [-0.39, 0.29) is 0 Å². The molecule has 0 amide bonds. The van der Waals surface area contributed by atoms with Crippen LogP contribution in [0.5, 0.6) is 0 Å². The van der Waals surface area contributed by atoms with E-state index in [1.165, 1.54) is 38.5 Å². The van der Waals surface area contributed by atoms with Crippen LogP contribution < -0.4 is 0 Å². The highest BCUT2D eigenvalue weighted by Crippen LogP contribution is 2.27. The molecule has 0 fully saturated rings. The van der Waals surface area contributed by atoms with Gasteiger partial charge in [0.15, 0.2) is 0 Å². The van der Waals surface area contributed by atoms with Crippen molar-refractivity contribution in [3.8, 4) is 0 Å². The molecule has 0 atom stereocenters. The Hall–Kier alpha value is -0.260. The summed E-state index contributed by atoms with van der Waals surface area (Å²) in [5.41, 5.74) is 2.23. The van der Waals surface area contributed by atoms with Crippen LogP contribution >= 0.6 is 0 Å². The first-order valence-corrected chi connectivity index (χ1v) is 5.26. The van der Waals surface area contributed by atoms with Gasteiger partial charge in [0.2, 0.25) is 0 Å². The number of allylic oxidation sites excluding steroid dienone is 2. The molecule has 1 aliphatic carbocycles. The molecule has 0 N–H and O–H groups in total. The Morgan fingerprint density at radius 1 is 1.25 bits per heavy atom. The molecule has 0 saturated heterocycles. The van der Waals surface area contributed by atoms with Gasteiger partial charge in [-0.1, -0.05) is 32.4 Å².